The van der Waals surface area contributed by atoms with Crippen LogP contribution < -0.4 is 4.90 Å². The molecule has 2 aliphatic carbocycles. The van der Waals surface area contributed by atoms with Crippen molar-refractivity contribution in [3.63, 3.8) is 0 Å². The lowest BCUT2D eigenvalue weighted by atomic mass is 9.80. The third-order valence-corrected chi connectivity index (χ3v) is 10.4. The Balaban J connectivity index is 1.27. The molecule has 1 heterocycles. The van der Waals surface area contributed by atoms with E-state index in [1.165, 1.54) is 61.2 Å². The lowest BCUT2D eigenvalue weighted by Gasteiger charge is -2.36. The van der Waals surface area contributed by atoms with Crippen LogP contribution in [0.25, 0.3) is 39.4 Å². The summed E-state index contributed by atoms with van der Waals surface area (Å²) in [4.78, 5) is 2.50. The van der Waals surface area contributed by atoms with Crippen LogP contribution in [0.15, 0.2) is 170 Å². The second kappa shape index (κ2) is 11.9. The van der Waals surface area contributed by atoms with Crippen molar-refractivity contribution >= 4 is 28.2 Å². The van der Waals surface area contributed by atoms with Crippen LogP contribution in [0.5, 0.6) is 0 Å². The van der Waals surface area contributed by atoms with Crippen molar-refractivity contribution < 1.29 is 0 Å². The molecule has 0 saturated heterocycles. The molecule has 0 bridgehead atoms. The summed E-state index contributed by atoms with van der Waals surface area (Å²) in [5.41, 5.74) is 15.0. The van der Waals surface area contributed by atoms with Gasteiger partial charge in [0.15, 0.2) is 0 Å². The molecule has 48 heavy (non-hydrogen) atoms. The van der Waals surface area contributed by atoms with Crippen LogP contribution >= 0.6 is 0 Å². The van der Waals surface area contributed by atoms with Gasteiger partial charge in [-0.3, -0.25) is 0 Å². The zero-order chi connectivity index (χ0) is 32.8. The summed E-state index contributed by atoms with van der Waals surface area (Å²) >= 11 is 0. The van der Waals surface area contributed by atoms with E-state index in [1.807, 2.05) is 6.08 Å². The Morgan fingerprint density at radius 2 is 1.42 bits per heavy atom. The summed E-state index contributed by atoms with van der Waals surface area (Å²) in [5.74, 6) is 0. The third kappa shape index (κ3) is 4.88. The number of nitrogens with zero attached hydrogens (tertiary/aromatic N) is 2. The number of fused-ring (bicyclic) bond motifs is 4. The first-order valence-electron chi connectivity index (χ1n) is 16.9. The largest absolute Gasteiger partial charge is 0.334 e. The Labute approximate surface area is 284 Å². The molecule has 5 aromatic carbocycles. The number of allylic oxidation sites excluding steroid dienone is 4. The number of aromatic nitrogens is 1. The summed E-state index contributed by atoms with van der Waals surface area (Å²) in [6.45, 7) is 11.4. The van der Waals surface area contributed by atoms with Gasteiger partial charge in [-0.15, -0.1) is 0 Å². The predicted octanol–water partition coefficient (Wildman–Crippen LogP) is 11.6. The minimum Gasteiger partial charge on any atom is -0.334 e. The van der Waals surface area contributed by atoms with Crippen LogP contribution in [0.1, 0.15) is 43.2 Å². The highest BCUT2D eigenvalue weighted by Gasteiger charge is 2.36. The van der Waals surface area contributed by atoms with Crippen molar-refractivity contribution in [2.45, 2.75) is 38.6 Å². The summed E-state index contributed by atoms with van der Waals surface area (Å²) < 4.78 is 2.41. The third-order valence-electron chi connectivity index (χ3n) is 10.4. The molecule has 0 aliphatic heterocycles. The van der Waals surface area contributed by atoms with Gasteiger partial charge in [-0.2, -0.15) is 0 Å². The van der Waals surface area contributed by atoms with E-state index in [2.05, 4.69) is 189 Å². The van der Waals surface area contributed by atoms with Gasteiger partial charge in [0.25, 0.3) is 0 Å². The average molecular weight is 621 g/mol. The molecule has 8 rings (SSSR count). The maximum absolute atomic E-state index is 4.41. The molecule has 0 amide bonds. The molecular weight excluding hydrogens is 581 g/mol. The van der Waals surface area contributed by atoms with Gasteiger partial charge < -0.3 is 9.47 Å². The van der Waals surface area contributed by atoms with Crippen molar-refractivity contribution in [1.29, 1.82) is 0 Å². The summed E-state index contributed by atoms with van der Waals surface area (Å²) in [6, 6.07) is 48.1. The first-order chi connectivity index (χ1) is 23.5. The van der Waals surface area contributed by atoms with Crippen LogP contribution in [0.2, 0.25) is 0 Å². The van der Waals surface area contributed by atoms with Crippen molar-refractivity contribution in [3.8, 4) is 16.8 Å². The highest BCUT2D eigenvalue weighted by molar-refractivity contribution is 5.91. The second-order valence-corrected chi connectivity index (χ2v) is 13.4. The molecule has 2 heteroatoms. The average Bonchev–Trinajstić information content (AvgIpc) is 3.56. The molecule has 234 valence electrons. The van der Waals surface area contributed by atoms with Crippen molar-refractivity contribution in [3.05, 3.63) is 192 Å². The van der Waals surface area contributed by atoms with E-state index in [-0.39, 0.29) is 11.5 Å². The molecule has 0 fully saturated rings. The molecule has 1 atom stereocenters. The van der Waals surface area contributed by atoms with Crippen molar-refractivity contribution in [2.75, 3.05) is 4.90 Å². The number of hydrogen-bond donors (Lipinski definition) is 0. The molecule has 0 spiro atoms. The molecule has 2 nitrogen and oxygen atoms in total. The van der Waals surface area contributed by atoms with E-state index in [0.717, 1.165) is 17.8 Å². The van der Waals surface area contributed by atoms with Gasteiger partial charge >= 0.3 is 0 Å². The Bertz CT molecular complexity index is 2240. The standard InChI is InChI=1S/C46H40N2/c1-5-35(31-43-32(2)39-20-12-14-22-42(39)46(43,3)4)47(37-26-24-34(25-27-37)33-16-8-6-9-17-33)38-28-29-45-41(30-38)40-21-13-15-23-44(40)48(45)36-18-10-7-11-19-36/h5-29,31,38H,1,30H2,2-4H3/b35-31+/t38-/m1/s1. The summed E-state index contributed by atoms with van der Waals surface area (Å²) in [5, 5.41) is 1.31. The van der Waals surface area contributed by atoms with Gasteiger partial charge in [-0.1, -0.05) is 130 Å². The second-order valence-electron chi connectivity index (χ2n) is 13.4. The Morgan fingerprint density at radius 3 is 2.15 bits per heavy atom. The van der Waals surface area contributed by atoms with E-state index in [1.54, 1.807) is 0 Å². The smallest absolute Gasteiger partial charge is 0.0567 e. The van der Waals surface area contributed by atoms with Crippen molar-refractivity contribution in [2.24, 2.45) is 0 Å². The zero-order valence-electron chi connectivity index (χ0n) is 27.9. The van der Waals surface area contributed by atoms with E-state index in [4.69, 9.17) is 0 Å². The van der Waals surface area contributed by atoms with Crippen LogP contribution in [-0.4, -0.2) is 10.6 Å². The maximum atomic E-state index is 4.41. The maximum Gasteiger partial charge on any atom is 0.0567 e. The SMILES string of the molecule is C=C/C(=C\C1=C(C)c2ccccc2C1(C)C)N(c1ccc(-c2ccccc2)cc1)[C@@H]1C=Cc2c(c3ccccc3n2-c2ccccc2)C1. The summed E-state index contributed by atoms with van der Waals surface area (Å²) in [7, 11) is 0. The first-order valence-corrected chi connectivity index (χ1v) is 16.9. The van der Waals surface area contributed by atoms with Gasteiger partial charge in [-0.25, -0.2) is 0 Å². The fourth-order valence-corrected chi connectivity index (χ4v) is 7.98. The van der Waals surface area contributed by atoms with Gasteiger partial charge in [0.2, 0.25) is 0 Å². The van der Waals surface area contributed by atoms with Gasteiger partial charge in [0.05, 0.1) is 11.6 Å². The lowest BCUT2D eigenvalue weighted by molar-refractivity contribution is 0.651. The Kier molecular flexibility index (Phi) is 7.37. The van der Waals surface area contributed by atoms with E-state index in [0.29, 0.717) is 0 Å². The normalized spacial score (nSPS) is 16.6. The highest BCUT2D eigenvalue weighted by atomic mass is 15.2. The number of anilines is 1. The minimum atomic E-state index is -0.115. The lowest BCUT2D eigenvalue weighted by Crippen LogP contribution is -2.36. The number of para-hydroxylation sites is 2. The quantitative estimate of drug-likeness (QED) is 0.161. The van der Waals surface area contributed by atoms with Crippen LogP contribution in [0, 0.1) is 0 Å². The molecule has 0 saturated carbocycles. The van der Waals surface area contributed by atoms with E-state index in [9.17, 15) is 0 Å². The van der Waals surface area contributed by atoms with Crippen LogP contribution in [0.4, 0.5) is 5.69 Å². The molecule has 6 aromatic rings. The van der Waals surface area contributed by atoms with E-state index < -0.39 is 0 Å². The topological polar surface area (TPSA) is 8.17 Å². The molecule has 0 N–H and O–H groups in total. The number of hydrogen-bond acceptors (Lipinski definition) is 1. The van der Waals surface area contributed by atoms with E-state index >= 15 is 0 Å². The number of rotatable bonds is 7. The fraction of sp³-hybridized carbons (Fsp3) is 0.130. The first kappa shape index (κ1) is 29.8. The van der Waals surface area contributed by atoms with Gasteiger partial charge in [0.1, 0.15) is 0 Å². The summed E-state index contributed by atoms with van der Waals surface area (Å²) in [6.07, 6.45) is 10.0. The predicted molar refractivity (Wildman–Crippen MR) is 204 cm³/mol. The van der Waals surface area contributed by atoms with Gasteiger partial charge in [-0.05, 0) is 101 Å². The molecule has 0 radical (unpaired) electrons. The van der Waals surface area contributed by atoms with Gasteiger partial charge in [0, 0.05) is 33.6 Å². The Morgan fingerprint density at radius 1 is 0.771 bits per heavy atom. The van der Waals surface area contributed by atoms with Crippen LogP contribution in [0.3, 0.4) is 0 Å². The molecule has 1 aromatic heterocycles. The monoisotopic (exact) mass is 620 g/mol. The molecular formula is C46H40N2. The Hall–Kier alpha value is -5.60. The zero-order valence-corrected chi connectivity index (χ0v) is 27.9. The van der Waals surface area contributed by atoms with Crippen LogP contribution in [-0.2, 0) is 11.8 Å². The molecule has 2 aliphatic rings. The highest BCUT2D eigenvalue weighted by Crippen LogP contribution is 2.47. The minimum absolute atomic E-state index is 0.0900. The molecule has 0 unspecified atom stereocenters. The fourth-order valence-electron chi connectivity index (χ4n) is 7.98. The number of benzene rings is 5. The van der Waals surface area contributed by atoms with Crippen molar-refractivity contribution in [1.82, 2.24) is 4.57 Å².